The quantitative estimate of drug-likeness (QED) is 0.271. The van der Waals surface area contributed by atoms with Crippen molar-refractivity contribution in [1.82, 2.24) is 0 Å². The second kappa shape index (κ2) is 15.2. The number of carbonyl (C=O) groups excluding carboxylic acids is 2. The molecule has 0 N–H and O–H groups in total. The molecule has 18 atom stereocenters. The van der Waals surface area contributed by atoms with Gasteiger partial charge >= 0.3 is 11.9 Å². The van der Waals surface area contributed by atoms with E-state index in [4.69, 9.17) is 9.47 Å². The van der Waals surface area contributed by atoms with E-state index in [0.717, 1.165) is 109 Å². The summed E-state index contributed by atoms with van der Waals surface area (Å²) in [7, 11) is 3.10. The zero-order valence-electron chi connectivity index (χ0n) is 31.5. The minimum absolute atomic E-state index is 0.0139. The molecule has 0 saturated heterocycles. The molecule has 0 aliphatic heterocycles. The second-order valence-corrected chi connectivity index (χ2v) is 18.6. The van der Waals surface area contributed by atoms with Crippen LogP contribution in [0.1, 0.15) is 132 Å². The maximum Gasteiger partial charge on any atom is 0.308 e. The molecule has 5 rings (SSSR count). The Balaban J connectivity index is 1.16. The van der Waals surface area contributed by atoms with Crippen molar-refractivity contribution < 1.29 is 19.1 Å². The molecule has 0 bridgehead atoms. The number of rotatable bonds is 6. The van der Waals surface area contributed by atoms with Crippen LogP contribution < -0.4 is 0 Å². The van der Waals surface area contributed by atoms with Crippen LogP contribution in [0, 0.1) is 107 Å². The topological polar surface area (TPSA) is 52.6 Å². The fourth-order valence-electron chi connectivity index (χ4n) is 13.5. The summed E-state index contributed by atoms with van der Waals surface area (Å²) in [5.74, 6) is 13.1. The van der Waals surface area contributed by atoms with E-state index in [2.05, 4.69) is 55.4 Å². The first kappa shape index (κ1) is 36.2. The Hall–Kier alpha value is -1.06. The lowest BCUT2D eigenvalue weighted by molar-refractivity contribution is -0.149. The Bertz CT molecular complexity index is 943. The summed E-state index contributed by atoms with van der Waals surface area (Å²) in [6.45, 7) is 20.4. The van der Waals surface area contributed by atoms with Gasteiger partial charge in [-0.3, -0.25) is 9.59 Å². The summed E-state index contributed by atoms with van der Waals surface area (Å²) in [6.07, 6.45) is 15.0. The summed E-state index contributed by atoms with van der Waals surface area (Å²) in [6, 6.07) is 0. The maximum absolute atomic E-state index is 12.2. The minimum Gasteiger partial charge on any atom is -0.469 e. The van der Waals surface area contributed by atoms with Gasteiger partial charge in [0, 0.05) is 0 Å². The molecular weight excluding hydrogens is 568 g/mol. The van der Waals surface area contributed by atoms with Gasteiger partial charge in [-0.2, -0.15) is 0 Å². The van der Waals surface area contributed by atoms with Crippen LogP contribution in [0.3, 0.4) is 0 Å². The first-order chi connectivity index (χ1) is 21.8. The molecule has 0 amide bonds. The van der Waals surface area contributed by atoms with Gasteiger partial charge in [0.05, 0.1) is 26.1 Å². The van der Waals surface area contributed by atoms with Crippen LogP contribution in [0.15, 0.2) is 0 Å². The summed E-state index contributed by atoms with van der Waals surface area (Å²) >= 11 is 0. The zero-order chi connectivity index (χ0) is 33.4. The summed E-state index contributed by atoms with van der Waals surface area (Å²) in [5, 5.41) is 0. The molecule has 5 aliphatic rings. The first-order valence-electron chi connectivity index (χ1n) is 20.0. The number of hydrogen-bond donors (Lipinski definition) is 0. The summed E-state index contributed by atoms with van der Waals surface area (Å²) < 4.78 is 10.2. The van der Waals surface area contributed by atoms with E-state index in [1.165, 1.54) is 51.4 Å². The van der Waals surface area contributed by atoms with Gasteiger partial charge in [0.2, 0.25) is 0 Å². The highest BCUT2D eigenvalue weighted by atomic mass is 16.5. The third kappa shape index (κ3) is 7.41. The molecule has 0 aromatic carbocycles. The molecule has 0 aromatic rings. The molecule has 46 heavy (non-hydrogen) atoms. The highest BCUT2D eigenvalue weighted by Crippen LogP contribution is 2.57. The Morgan fingerprint density at radius 1 is 0.348 bits per heavy atom. The van der Waals surface area contributed by atoms with Crippen molar-refractivity contribution in [2.45, 2.75) is 132 Å². The van der Waals surface area contributed by atoms with Gasteiger partial charge in [0.15, 0.2) is 0 Å². The minimum atomic E-state index is 0.0139. The highest BCUT2D eigenvalue weighted by Gasteiger charge is 2.49. The third-order valence-electron chi connectivity index (χ3n) is 16.0. The summed E-state index contributed by atoms with van der Waals surface area (Å²) in [4.78, 5) is 24.5. The summed E-state index contributed by atoms with van der Waals surface area (Å²) in [5.41, 5.74) is 0. The van der Waals surface area contributed by atoms with Crippen LogP contribution in [-0.4, -0.2) is 26.2 Å². The molecule has 5 saturated carbocycles. The molecule has 0 radical (unpaired) electrons. The van der Waals surface area contributed by atoms with Crippen LogP contribution in [0.5, 0.6) is 0 Å². The number of methoxy groups -OCH3 is 2. The largest absolute Gasteiger partial charge is 0.469 e. The average Bonchev–Trinajstić information content (AvgIpc) is 3.03. The number of carbonyl (C=O) groups is 2. The number of hydrogen-bond acceptors (Lipinski definition) is 4. The van der Waals surface area contributed by atoms with Crippen LogP contribution in [0.4, 0.5) is 0 Å². The van der Waals surface area contributed by atoms with E-state index >= 15 is 0 Å². The molecule has 0 aromatic heterocycles. The van der Waals surface area contributed by atoms with E-state index in [1.807, 2.05) is 0 Å². The SMILES string of the molecule is COC(=O)C1CCC(C2CC(C)C(C3CC(C)C(C4CC(C)C(C5CCC(C(=O)OC)CC5C)CC4C)CC3C)CC2C)C(C)C1. The monoisotopic (exact) mass is 641 g/mol. The van der Waals surface area contributed by atoms with Gasteiger partial charge < -0.3 is 9.47 Å². The smallest absolute Gasteiger partial charge is 0.308 e. The predicted molar refractivity (Wildman–Crippen MR) is 188 cm³/mol. The molecule has 4 heteroatoms. The van der Waals surface area contributed by atoms with Gasteiger partial charge in [0.25, 0.3) is 0 Å². The van der Waals surface area contributed by atoms with E-state index in [0.29, 0.717) is 11.8 Å². The van der Waals surface area contributed by atoms with E-state index in [9.17, 15) is 9.59 Å². The van der Waals surface area contributed by atoms with Crippen molar-refractivity contribution in [3.63, 3.8) is 0 Å². The van der Waals surface area contributed by atoms with Gasteiger partial charge in [-0.25, -0.2) is 0 Å². The predicted octanol–water partition coefficient (Wildman–Crippen LogP) is 10.3. The lowest BCUT2D eigenvalue weighted by Gasteiger charge is -2.54. The Morgan fingerprint density at radius 2 is 0.565 bits per heavy atom. The van der Waals surface area contributed by atoms with Crippen molar-refractivity contribution in [3.05, 3.63) is 0 Å². The van der Waals surface area contributed by atoms with Crippen LogP contribution in [0.25, 0.3) is 0 Å². The number of ether oxygens (including phenoxy) is 2. The second-order valence-electron chi connectivity index (χ2n) is 18.6. The standard InChI is InChI=1S/C42H72O4/c1-23-15-31(41(43)45-9)11-13-33(23)35-17-27(5)37(19-25(35)3)39-21-30(8)40(22-29(39)7)38-20-26(4)36(18-28(38)6)34-14-12-32(16-24(34)2)42(44)46-10/h23-40H,11-22H2,1-10H3. The zero-order valence-corrected chi connectivity index (χ0v) is 31.5. The van der Waals surface area contributed by atoms with Crippen molar-refractivity contribution in [1.29, 1.82) is 0 Å². The lowest BCUT2D eigenvalue weighted by atomic mass is 9.51. The molecule has 264 valence electrons. The van der Waals surface area contributed by atoms with Crippen LogP contribution >= 0.6 is 0 Å². The van der Waals surface area contributed by atoms with Crippen LogP contribution in [-0.2, 0) is 19.1 Å². The highest BCUT2D eigenvalue weighted by molar-refractivity contribution is 5.72. The van der Waals surface area contributed by atoms with Crippen molar-refractivity contribution in [2.24, 2.45) is 107 Å². The molecule has 5 fully saturated rings. The maximum atomic E-state index is 12.2. The fourth-order valence-corrected chi connectivity index (χ4v) is 13.5. The Kier molecular flexibility index (Phi) is 12.0. The van der Waals surface area contributed by atoms with Crippen molar-refractivity contribution in [2.75, 3.05) is 14.2 Å². The molecular formula is C42H72O4. The molecule has 18 unspecified atom stereocenters. The lowest BCUT2D eigenvalue weighted by Crippen LogP contribution is -2.46. The third-order valence-corrected chi connectivity index (χ3v) is 16.0. The normalized spacial score (nSPS) is 50.4. The van der Waals surface area contributed by atoms with Crippen LogP contribution in [0.2, 0.25) is 0 Å². The van der Waals surface area contributed by atoms with Crippen molar-refractivity contribution >= 4 is 11.9 Å². The average molecular weight is 641 g/mol. The first-order valence-corrected chi connectivity index (χ1v) is 20.0. The van der Waals surface area contributed by atoms with Crippen molar-refractivity contribution in [3.8, 4) is 0 Å². The molecule has 0 heterocycles. The Labute approximate surface area is 283 Å². The van der Waals surface area contributed by atoms with Gasteiger partial charge in [-0.15, -0.1) is 0 Å². The van der Waals surface area contributed by atoms with Gasteiger partial charge in [-0.1, -0.05) is 55.4 Å². The van der Waals surface area contributed by atoms with Gasteiger partial charge in [0.1, 0.15) is 0 Å². The fraction of sp³-hybridized carbons (Fsp3) is 0.952. The molecule has 0 spiro atoms. The molecule has 5 aliphatic carbocycles. The Morgan fingerprint density at radius 3 is 0.783 bits per heavy atom. The molecule has 4 nitrogen and oxygen atoms in total. The van der Waals surface area contributed by atoms with E-state index in [-0.39, 0.29) is 23.8 Å². The van der Waals surface area contributed by atoms with E-state index < -0.39 is 0 Å². The van der Waals surface area contributed by atoms with E-state index in [1.54, 1.807) is 14.2 Å². The number of esters is 2. The van der Waals surface area contributed by atoms with Gasteiger partial charge in [-0.05, 0) is 172 Å².